The second-order valence-corrected chi connectivity index (χ2v) is 7.61. The van der Waals surface area contributed by atoms with E-state index in [-0.39, 0.29) is 11.5 Å². The van der Waals surface area contributed by atoms with Gasteiger partial charge in [-0.15, -0.1) is 11.3 Å². The Balaban J connectivity index is 1.48. The van der Waals surface area contributed by atoms with E-state index in [0.29, 0.717) is 0 Å². The molecule has 1 heterocycles. The fourth-order valence-corrected chi connectivity index (χ4v) is 4.04. The zero-order valence-electron chi connectivity index (χ0n) is 11.7. The van der Waals surface area contributed by atoms with Crippen LogP contribution in [-0.2, 0) is 6.54 Å². The molecule has 2 unspecified atom stereocenters. The molecule has 2 atom stereocenters. The first kappa shape index (κ1) is 13.5. The summed E-state index contributed by atoms with van der Waals surface area (Å²) >= 11 is 1.85. The summed E-state index contributed by atoms with van der Waals surface area (Å²) in [6, 6.07) is 0. The highest BCUT2D eigenvalue weighted by molar-refractivity contribution is 7.11. The van der Waals surface area contributed by atoms with Gasteiger partial charge in [0.2, 0.25) is 0 Å². The van der Waals surface area contributed by atoms with E-state index in [1.165, 1.54) is 35.6 Å². The van der Waals surface area contributed by atoms with E-state index >= 15 is 0 Å². The molecule has 2 aliphatic carbocycles. The topological polar surface area (TPSA) is 45.2 Å². The van der Waals surface area contributed by atoms with Crippen molar-refractivity contribution in [2.45, 2.75) is 64.0 Å². The van der Waals surface area contributed by atoms with Crippen molar-refractivity contribution < 1.29 is 5.11 Å². The zero-order chi connectivity index (χ0) is 13.3. The van der Waals surface area contributed by atoms with Crippen LogP contribution in [0.3, 0.4) is 0 Å². The van der Waals surface area contributed by atoms with Crippen LogP contribution in [0.5, 0.6) is 0 Å². The van der Waals surface area contributed by atoms with E-state index < -0.39 is 0 Å². The molecule has 19 heavy (non-hydrogen) atoms. The molecule has 0 saturated heterocycles. The molecule has 1 aromatic heterocycles. The second-order valence-electron chi connectivity index (χ2n) is 6.46. The second kappa shape index (κ2) is 5.51. The van der Waals surface area contributed by atoms with Crippen LogP contribution in [-0.4, -0.2) is 22.7 Å². The number of hydrogen-bond donors (Lipinski definition) is 2. The summed E-state index contributed by atoms with van der Waals surface area (Å²) in [5.41, 5.74) is 0.0578. The van der Waals surface area contributed by atoms with Gasteiger partial charge in [0.05, 0.1) is 11.1 Å². The summed E-state index contributed by atoms with van der Waals surface area (Å²) in [5, 5.41) is 15.0. The van der Waals surface area contributed by atoms with Crippen molar-refractivity contribution >= 4 is 11.3 Å². The highest BCUT2D eigenvalue weighted by atomic mass is 32.1. The smallest absolute Gasteiger partial charge is 0.0959 e. The fraction of sp³-hybridized carbons (Fsp3) is 0.800. The number of nitrogens with zero attached hydrogens (tertiary/aromatic N) is 1. The molecular formula is C15H24N2OS. The number of hydrogen-bond acceptors (Lipinski definition) is 4. The molecule has 1 aromatic rings. The van der Waals surface area contributed by atoms with Crippen molar-refractivity contribution in [2.75, 3.05) is 6.54 Å². The maximum Gasteiger partial charge on any atom is 0.0959 e. The van der Waals surface area contributed by atoms with Gasteiger partial charge in [-0.25, -0.2) is 4.98 Å². The summed E-state index contributed by atoms with van der Waals surface area (Å²) in [7, 11) is 0. The minimum absolute atomic E-state index is 0.0578. The first-order chi connectivity index (χ1) is 9.17. The third-order valence-corrected chi connectivity index (χ3v) is 5.77. The Morgan fingerprint density at radius 2 is 2.26 bits per heavy atom. The number of rotatable bonds is 5. The lowest BCUT2D eigenvalue weighted by molar-refractivity contribution is 0.00119. The Morgan fingerprint density at radius 3 is 3.00 bits per heavy atom. The zero-order valence-corrected chi connectivity index (χ0v) is 12.5. The summed E-state index contributed by atoms with van der Waals surface area (Å²) in [5.74, 6) is 0.761. The lowest BCUT2D eigenvalue weighted by atomic mass is 9.73. The van der Waals surface area contributed by atoms with Crippen LogP contribution in [0.2, 0.25) is 0 Å². The van der Waals surface area contributed by atoms with Gasteiger partial charge in [-0.2, -0.15) is 0 Å². The van der Waals surface area contributed by atoms with Crippen LogP contribution in [0, 0.1) is 5.41 Å². The lowest BCUT2D eigenvalue weighted by Gasteiger charge is -2.38. The standard InChI is InChI=1S/C15H24N2OS/c1-15(7-3-2-4-13(15)18)10-16-8-12-9-17-14(19-12)11-5-6-11/h9,11,13,16,18H,2-8,10H2,1H3. The van der Waals surface area contributed by atoms with Gasteiger partial charge in [0.1, 0.15) is 0 Å². The van der Waals surface area contributed by atoms with Gasteiger partial charge < -0.3 is 10.4 Å². The molecule has 0 amide bonds. The Kier molecular flexibility index (Phi) is 3.92. The van der Waals surface area contributed by atoms with E-state index in [4.69, 9.17) is 0 Å². The SMILES string of the molecule is CC1(CNCc2cnc(C3CC3)s2)CCCCC1O. The van der Waals surface area contributed by atoms with Crippen LogP contribution in [0.1, 0.15) is 61.3 Å². The number of aliphatic hydroxyl groups excluding tert-OH is 1. The third-order valence-electron chi connectivity index (χ3n) is 4.61. The predicted octanol–water partition coefficient (Wildman–Crippen LogP) is 3.05. The van der Waals surface area contributed by atoms with Gasteiger partial charge in [0.15, 0.2) is 0 Å². The third kappa shape index (κ3) is 3.18. The monoisotopic (exact) mass is 280 g/mol. The Hall–Kier alpha value is -0.450. The maximum absolute atomic E-state index is 10.2. The number of thiazole rings is 1. The Labute approximate surface area is 119 Å². The van der Waals surface area contributed by atoms with E-state index in [9.17, 15) is 5.11 Å². The van der Waals surface area contributed by atoms with Crippen LogP contribution < -0.4 is 5.32 Å². The van der Waals surface area contributed by atoms with Crippen molar-refractivity contribution in [2.24, 2.45) is 5.41 Å². The van der Waals surface area contributed by atoms with Crippen LogP contribution in [0.4, 0.5) is 0 Å². The molecule has 0 bridgehead atoms. The average molecular weight is 280 g/mol. The Bertz CT molecular complexity index is 430. The molecular weight excluding hydrogens is 256 g/mol. The number of aliphatic hydroxyl groups is 1. The fourth-order valence-electron chi connectivity index (χ4n) is 2.98. The minimum atomic E-state index is -0.141. The average Bonchev–Trinajstić information content (AvgIpc) is 3.14. The van der Waals surface area contributed by atoms with Gasteiger partial charge >= 0.3 is 0 Å². The normalized spacial score (nSPS) is 31.6. The molecule has 0 spiro atoms. The highest BCUT2D eigenvalue weighted by Crippen LogP contribution is 2.41. The first-order valence-electron chi connectivity index (χ1n) is 7.51. The molecule has 2 fully saturated rings. The molecule has 0 aromatic carbocycles. The van der Waals surface area contributed by atoms with Crippen LogP contribution >= 0.6 is 11.3 Å². The number of aromatic nitrogens is 1. The molecule has 106 valence electrons. The quantitative estimate of drug-likeness (QED) is 0.871. The van der Waals surface area contributed by atoms with Gasteiger partial charge in [-0.1, -0.05) is 19.8 Å². The molecule has 3 rings (SSSR count). The van der Waals surface area contributed by atoms with E-state index in [1.54, 1.807) is 0 Å². The summed E-state index contributed by atoms with van der Waals surface area (Å²) in [6.07, 6.45) is 9.05. The minimum Gasteiger partial charge on any atom is -0.393 e. The molecule has 2 saturated carbocycles. The van der Waals surface area contributed by atoms with Gasteiger partial charge in [0, 0.05) is 35.5 Å². The van der Waals surface area contributed by atoms with Crippen molar-refractivity contribution in [3.63, 3.8) is 0 Å². The van der Waals surface area contributed by atoms with Gasteiger partial charge in [-0.3, -0.25) is 0 Å². The molecule has 0 aliphatic heterocycles. The van der Waals surface area contributed by atoms with Gasteiger partial charge in [-0.05, 0) is 25.7 Å². The predicted molar refractivity (Wildman–Crippen MR) is 78.4 cm³/mol. The first-order valence-corrected chi connectivity index (χ1v) is 8.32. The van der Waals surface area contributed by atoms with E-state index in [0.717, 1.165) is 31.8 Å². The van der Waals surface area contributed by atoms with Crippen molar-refractivity contribution in [3.8, 4) is 0 Å². The lowest BCUT2D eigenvalue weighted by Crippen LogP contribution is -2.43. The molecule has 4 heteroatoms. The molecule has 2 aliphatic rings. The molecule has 2 N–H and O–H groups in total. The van der Waals surface area contributed by atoms with Crippen molar-refractivity contribution in [3.05, 3.63) is 16.1 Å². The summed E-state index contributed by atoms with van der Waals surface area (Å²) in [4.78, 5) is 5.83. The van der Waals surface area contributed by atoms with Gasteiger partial charge in [0.25, 0.3) is 0 Å². The molecule has 3 nitrogen and oxygen atoms in total. The highest BCUT2D eigenvalue weighted by Gasteiger charge is 2.34. The van der Waals surface area contributed by atoms with Crippen molar-refractivity contribution in [1.29, 1.82) is 0 Å². The molecule has 0 radical (unpaired) electrons. The van der Waals surface area contributed by atoms with E-state index in [2.05, 4.69) is 17.2 Å². The largest absolute Gasteiger partial charge is 0.393 e. The van der Waals surface area contributed by atoms with E-state index in [1.807, 2.05) is 17.5 Å². The van der Waals surface area contributed by atoms with Crippen molar-refractivity contribution in [1.82, 2.24) is 10.3 Å². The summed E-state index contributed by atoms with van der Waals surface area (Å²) < 4.78 is 0. The summed E-state index contributed by atoms with van der Waals surface area (Å²) in [6.45, 7) is 4.02. The Morgan fingerprint density at radius 1 is 1.42 bits per heavy atom. The maximum atomic E-state index is 10.2. The van der Waals surface area contributed by atoms with Crippen LogP contribution in [0.15, 0.2) is 6.20 Å². The van der Waals surface area contributed by atoms with Crippen LogP contribution in [0.25, 0.3) is 0 Å². The number of nitrogens with one attached hydrogen (secondary N) is 1.